The van der Waals surface area contributed by atoms with E-state index in [1.54, 1.807) is 12.1 Å². The van der Waals surface area contributed by atoms with Crippen molar-refractivity contribution >= 4 is 22.7 Å². The SMILES string of the molecule is O=C(Nc1cccc2cc[nH]c12)Oc1ccccc1. The molecule has 0 aliphatic rings. The summed E-state index contributed by atoms with van der Waals surface area (Å²) in [5, 5.41) is 3.77. The lowest BCUT2D eigenvalue weighted by Crippen LogP contribution is -2.16. The van der Waals surface area contributed by atoms with Crippen molar-refractivity contribution < 1.29 is 9.53 Å². The van der Waals surface area contributed by atoms with Crippen molar-refractivity contribution in [3.63, 3.8) is 0 Å². The number of fused-ring (bicyclic) bond motifs is 1. The van der Waals surface area contributed by atoms with Crippen LogP contribution in [0.15, 0.2) is 60.8 Å². The van der Waals surface area contributed by atoms with Crippen molar-refractivity contribution in [1.82, 2.24) is 4.98 Å². The minimum Gasteiger partial charge on any atom is -0.410 e. The standard InChI is InChI=1S/C15H12N2O2/c18-15(19-12-6-2-1-3-7-12)17-13-8-4-5-11-9-10-16-14(11)13/h1-10,16H,(H,17,18). The van der Waals surface area contributed by atoms with E-state index in [1.807, 2.05) is 48.7 Å². The van der Waals surface area contributed by atoms with Gasteiger partial charge in [-0.25, -0.2) is 4.79 Å². The Bertz CT molecular complexity index is 704. The predicted molar refractivity (Wildman–Crippen MR) is 74.4 cm³/mol. The second kappa shape index (κ2) is 4.86. The maximum absolute atomic E-state index is 11.8. The molecule has 2 aromatic carbocycles. The van der Waals surface area contributed by atoms with Crippen LogP contribution < -0.4 is 10.1 Å². The van der Waals surface area contributed by atoms with Crippen molar-refractivity contribution in [1.29, 1.82) is 0 Å². The number of H-pyrrole nitrogens is 1. The van der Waals surface area contributed by atoms with E-state index in [0.717, 1.165) is 10.9 Å². The van der Waals surface area contributed by atoms with Crippen molar-refractivity contribution in [2.45, 2.75) is 0 Å². The second-order valence-electron chi connectivity index (χ2n) is 4.08. The molecule has 4 heteroatoms. The molecule has 0 aliphatic heterocycles. The lowest BCUT2D eigenvalue weighted by molar-refractivity contribution is 0.215. The highest BCUT2D eigenvalue weighted by molar-refractivity contribution is 5.98. The minimum atomic E-state index is -0.506. The highest BCUT2D eigenvalue weighted by atomic mass is 16.6. The fraction of sp³-hybridized carbons (Fsp3) is 0. The number of rotatable bonds is 2. The molecule has 3 aromatic rings. The smallest absolute Gasteiger partial charge is 0.410 e. The first-order chi connectivity index (χ1) is 9.33. The van der Waals surface area contributed by atoms with Gasteiger partial charge in [0.25, 0.3) is 0 Å². The molecule has 19 heavy (non-hydrogen) atoms. The third-order valence-electron chi connectivity index (χ3n) is 2.78. The number of amides is 1. The zero-order valence-electron chi connectivity index (χ0n) is 10.1. The van der Waals surface area contributed by atoms with Crippen LogP contribution in [0.25, 0.3) is 10.9 Å². The van der Waals surface area contributed by atoms with Crippen LogP contribution in [0.4, 0.5) is 10.5 Å². The van der Waals surface area contributed by atoms with E-state index in [4.69, 9.17) is 4.74 Å². The fourth-order valence-electron chi connectivity index (χ4n) is 1.92. The Morgan fingerprint density at radius 2 is 1.84 bits per heavy atom. The molecule has 0 saturated carbocycles. The topological polar surface area (TPSA) is 54.1 Å². The number of benzene rings is 2. The highest BCUT2D eigenvalue weighted by Crippen LogP contribution is 2.21. The number of hydrogen-bond acceptors (Lipinski definition) is 2. The molecule has 94 valence electrons. The molecule has 2 N–H and O–H groups in total. The van der Waals surface area contributed by atoms with Gasteiger partial charge in [-0.15, -0.1) is 0 Å². The first-order valence-electron chi connectivity index (χ1n) is 5.93. The average Bonchev–Trinajstić information content (AvgIpc) is 2.89. The number of para-hydroxylation sites is 2. The number of carbonyl (C=O) groups is 1. The quantitative estimate of drug-likeness (QED) is 0.729. The summed E-state index contributed by atoms with van der Waals surface area (Å²) in [7, 11) is 0. The van der Waals surface area contributed by atoms with E-state index in [-0.39, 0.29) is 0 Å². The molecule has 3 rings (SSSR count). The van der Waals surface area contributed by atoms with Gasteiger partial charge in [0.05, 0.1) is 11.2 Å². The summed E-state index contributed by atoms with van der Waals surface area (Å²) in [5.74, 6) is 0.513. The van der Waals surface area contributed by atoms with E-state index < -0.39 is 6.09 Å². The summed E-state index contributed by atoms with van der Waals surface area (Å²) < 4.78 is 5.18. The van der Waals surface area contributed by atoms with Crippen molar-refractivity contribution in [2.75, 3.05) is 5.32 Å². The summed E-state index contributed by atoms with van der Waals surface area (Å²) in [5.41, 5.74) is 1.58. The maximum Gasteiger partial charge on any atom is 0.417 e. The number of carbonyl (C=O) groups excluding carboxylic acids is 1. The van der Waals surface area contributed by atoms with Crippen LogP contribution in [-0.2, 0) is 0 Å². The molecule has 1 amide bonds. The normalized spacial score (nSPS) is 10.3. The molecule has 0 unspecified atom stereocenters. The minimum absolute atomic E-state index is 0.506. The van der Waals surface area contributed by atoms with E-state index in [9.17, 15) is 4.79 Å². The molecule has 0 spiro atoms. The number of hydrogen-bond donors (Lipinski definition) is 2. The molecule has 1 aromatic heterocycles. The zero-order chi connectivity index (χ0) is 13.1. The van der Waals surface area contributed by atoms with Gasteiger partial charge < -0.3 is 9.72 Å². The van der Waals surface area contributed by atoms with E-state index >= 15 is 0 Å². The first kappa shape index (κ1) is 11.3. The predicted octanol–water partition coefficient (Wildman–Crippen LogP) is 3.78. The first-order valence-corrected chi connectivity index (χ1v) is 5.93. The third-order valence-corrected chi connectivity index (χ3v) is 2.78. The molecule has 4 nitrogen and oxygen atoms in total. The molecule has 1 heterocycles. The number of anilines is 1. The fourth-order valence-corrected chi connectivity index (χ4v) is 1.92. The lowest BCUT2D eigenvalue weighted by Gasteiger charge is -2.07. The highest BCUT2D eigenvalue weighted by Gasteiger charge is 2.07. The van der Waals surface area contributed by atoms with Crippen LogP contribution in [0.1, 0.15) is 0 Å². The maximum atomic E-state index is 11.8. The Morgan fingerprint density at radius 3 is 2.68 bits per heavy atom. The van der Waals surface area contributed by atoms with Crippen LogP contribution in [0.5, 0.6) is 5.75 Å². The Kier molecular flexibility index (Phi) is 2.90. The number of nitrogens with one attached hydrogen (secondary N) is 2. The van der Waals surface area contributed by atoms with Gasteiger partial charge in [0.1, 0.15) is 5.75 Å². The Balaban J connectivity index is 1.78. The number of ether oxygens (including phenoxy) is 1. The van der Waals surface area contributed by atoms with Crippen LogP contribution >= 0.6 is 0 Å². The summed E-state index contributed by atoms with van der Waals surface area (Å²) in [6, 6.07) is 16.6. The summed E-state index contributed by atoms with van der Waals surface area (Å²) >= 11 is 0. The molecule has 0 radical (unpaired) electrons. The van der Waals surface area contributed by atoms with Gasteiger partial charge in [0, 0.05) is 11.6 Å². The Morgan fingerprint density at radius 1 is 1.00 bits per heavy atom. The summed E-state index contributed by atoms with van der Waals surface area (Å²) in [6.07, 6.45) is 1.33. The van der Waals surface area contributed by atoms with Crippen LogP contribution in [-0.4, -0.2) is 11.1 Å². The molecule has 0 aliphatic carbocycles. The van der Waals surface area contributed by atoms with Gasteiger partial charge in [-0.1, -0.05) is 30.3 Å². The van der Waals surface area contributed by atoms with Gasteiger partial charge in [-0.05, 0) is 24.3 Å². The molecular formula is C15H12N2O2. The number of aromatic amines is 1. The molecule has 0 saturated heterocycles. The van der Waals surface area contributed by atoms with Gasteiger partial charge in [-0.3, -0.25) is 5.32 Å². The number of aromatic nitrogens is 1. The average molecular weight is 252 g/mol. The van der Waals surface area contributed by atoms with Gasteiger partial charge in [-0.2, -0.15) is 0 Å². The van der Waals surface area contributed by atoms with E-state index in [0.29, 0.717) is 11.4 Å². The van der Waals surface area contributed by atoms with Crippen molar-refractivity contribution in [3.05, 3.63) is 60.8 Å². The van der Waals surface area contributed by atoms with Gasteiger partial charge in [0.15, 0.2) is 0 Å². The Hall–Kier alpha value is -2.75. The zero-order valence-corrected chi connectivity index (χ0v) is 10.1. The monoisotopic (exact) mass is 252 g/mol. The van der Waals surface area contributed by atoms with Gasteiger partial charge in [0.2, 0.25) is 0 Å². The lowest BCUT2D eigenvalue weighted by atomic mass is 10.2. The molecule has 0 atom stereocenters. The van der Waals surface area contributed by atoms with Crippen LogP contribution in [0.3, 0.4) is 0 Å². The van der Waals surface area contributed by atoms with Crippen molar-refractivity contribution in [2.24, 2.45) is 0 Å². The largest absolute Gasteiger partial charge is 0.417 e. The van der Waals surface area contributed by atoms with Crippen molar-refractivity contribution in [3.8, 4) is 5.75 Å². The molecular weight excluding hydrogens is 240 g/mol. The summed E-state index contributed by atoms with van der Waals surface area (Å²) in [6.45, 7) is 0. The van der Waals surface area contributed by atoms with E-state index in [1.165, 1.54) is 0 Å². The molecule has 0 bridgehead atoms. The van der Waals surface area contributed by atoms with Gasteiger partial charge >= 0.3 is 6.09 Å². The molecule has 0 fully saturated rings. The third kappa shape index (κ3) is 2.42. The second-order valence-corrected chi connectivity index (χ2v) is 4.08. The van der Waals surface area contributed by atoms with Crippen LogP contribution in [0.2, 0.25) is 0 Å². The van der Waals surface area contributed by atoms with E-state index in [2.05, 4.69) is 10.3 Å². The summed E-state index contributed by atoms with van der Waals surface area (Å²) in [4.78, 5) is 14.9. The van der Waals surface area contributed by atoms with Crippen LogP contribution in [0, 0.1) is 0 Å². The Labute approximate surface area is 110 Å².